The van der Waals surface area contributed by atoms with Gasteiger partial charge in [0.25, 0.3) is 0 Å². The van der Waals surface area contributed by atoms with Crippen molar-refractivity contribution in [1.29, 1.82) is 0 Å². The van der Waals surface area contributed by atoms with Crippen molar-refractivity contribution < 1.29 is 41.7 Å². The van der Waals surface area contributed by atoms with Crippen molar-refractivity contribution in [2.75, 3.05) is 57.0 Å². The number of rotatable bonds is 13. The highest BCUT2D eigenvalue weighted by atomic mass is 28.3. The first kappa shape index (κ1) is 49.6. The fourth-order valence-corrected chi connectivity index (χ4v) is 16.1. The van der Waals surface area contributed by atoms with Gasteiger partial charge in [0.05, 0.1) is 23.7 Å². The lowest BCUT2D eigenvalue weighted by Crippen LogP contribution is -2.43. The largest absolute Gasteiger partial charge is 0.475 e. The summed E-state index contributed by atoms with van der Waals surface area (Å²) in [5.41, 5.74) is 3.42. The molecule has 14 nitrogen and oxygen atoms in total. The Morgan fingerprint density at radius 1 is 0.986 bits per heavy atom. The molecule has 1 amide bonds. The molecule has 3 aliphatic rings. The smallest absolute Gasteiger partial charge is 0.413 e. The number of methoxy groups -OCH3 is 1. The molecule has 0 saturated carbocycles. The zero-order chi connectivity index (χ0) is 49.6. The third-order valence-corrected chi connectivity index (χ3v) is 20.2. The number of ether oxygens (including phenoxy) is 5. The molecule has 0 radical (unpaired) electrons. The van der Waals surface area contributed by atoms with Crippen LogP contribution in [0.2, 0.25) is 16.6 Å². The molecular weight excluding hydrogens is 906 g/mol. The van der Waals surface area contributed by atoms with Crippen molar-refractivity contribution >= 4 is 47.5 Å². The highest BCUT2D eigenvalue weighted by molar-refractivity contribution is 6.90. The van der Waals surface area contributed by atoms with Gasteiger partial charge in [0.15, 0.2) is 18.4 Å². The van der Waals surface area contributed by atoms with Crippen LogP contribution in [0.5, 0.6) is 17.6 Å². The minimum absolute atomic E-state index is 0.0202. The lowest BCUT2D eigenvalue weighted by atomic mass is 9.95. The molecule has 3 aromatic heterocycles. The van der Waals surface area contributed by atoms with Crippen molar-refractivity contribution in [3.63, 3.8) is 0 Å². The number of benzene rings is 2. The molecule has 3 atom stereocenters. The molecule has 18 heteroatoms. The Bertz CT molecular complexity index is 2790. The average molecular weight is 969 g/mol. The molecule has 1 N–H and O–H groups in total. The second kappa shape index (κ2) is 19.6. The van der Waals surface area contributed by atoms with Crippen molar-refractivity contribution in [2.45, 2.75) is 128 Å². The molecule has 8 rings (SSSR count). The number of hydrogen-bond donors (Lipinski definition) is 1. The summed E-state index contributed by atoms with van der Waals surface area (Å²) < 4.78 is 79.4. The van der Waals surface area contributed by atoms with Gasteiger partial charge in [-0.25, -0.2) is 27.9 Å². The summed E-state index contributed by atoms with van der Waals surface area (Å²) in [5.74, 6) is 2.61. The van der Waals surface area contributed by atoms with E-state index in [-0.39, 0.29) is 94.4 Å². The third-order valence-electron chi connectivity index (χ3n) is 13.9. The van der Waals surface area contributed by atoms with Gasteiger partial charge in [-0.3, -0.25) is 15.2 Å². The number of halogens is 3. The lowest BCUT2D eigenvalue weighted by molar-refractivity contribution is 0.0512. The number of nitrogens with zero attached hydrogens (tertiary/aromatic N) is 7. The van der Waals surface area contributed by atoms with Gasteiger partial charge in [0, 0.05) is 43.4 Å². The number of carbonyl (C=O) groups is 1. The van der Waals surface area contributed by atoms with Crippen LogP contribution in [-0.2, 0) is 9.47 Å². The third kappa shape index (κ3) is 9.61. The zero-order valence-corrected chi connectivity index (χ0v) is 42.4. The SMILES string of the molecule is COCOc1cc(-c2nc3c4c(nc(OC[C@@]56CCCN5C[C@H](F)C6)nc4c2F)N(C(C)c2nccnc2NC(=O)OC(C)(C)C)CCO3)c2c(C#C[Si](C(C)C)(C(C)C)C(C)C)c(F)ccc2c1. The number of hydrogen-bond acceptors (Lipinski definition) is 13. The average Bonchev–Trinajstić information content (AvgIpc) is 3.75. The first-order chi connectivity index (χ1) is 32.8. The van der Waals surface area contributed by atoms with Gasteiger partial charge in [-0.15, -0.1) is 5.54 Å². The van der Waals surface area contributed by atoms with Crippen LogP contribution in [-0.4, -0.2) is 108 Å². The van der Waals surface area contributed by atoms with Gasteiger partial charge in [0.2, 0.25) is 5.88 Å². The van der Waals surface area contributed by atoms with Crippen LogP contribution in [0, 0.1) is 23.1 Å². The summed E-state index contributed by atoms with van der Waals surface area (Å²) in [4.78, 5) is 40.7. The highest BCUT2D eigenvalue weighted by Crippen LogP contribution is 2.46. The van der Waals surface area contributed by atoms with E-state index >= 15 is 8.78 Å². The molecule has 2 aromatic carbocycles. The first-order valence-electron chi connectivity index (χ1n) is 23.8. The number of alkyl halides is 1. The number of carbonyl (C=O) groups excluding carboxylic acids is 1. The summed E-state index contributed by atoms with van der Waals surface area (Å²) in [7, 11) is -0.893. The molecule has 6 heterocycles. The van der Waals surface area contributed by atoms with Crippen molar-refractivity contribution in [2.24, 2.45) is 0 Å². The summed E-state index contributed by atoms with van der Waals surface area (Å²) >= 11 is 0. The van der Waals surface area contributed by atoms with E-state index in [4.69, 9.17) is 38.6 Å². The Kier molecular flexibility index (Phi) is 14.1. The second-order valence-electron chi connectivity index (χ2n) is 20.3. The summed E-state index contributed by atoms with van der Waals surface area (Å²) in [6, 6.07) is 5.51. The van der Waals surface area contributed by atoms with E-state index < -0.39 is 49.2 Å². The molecule has 1 unspecified atom stereocenters. The van der Waals surface area contributed by atoms with Crippen LogP contribution in [0.1, 0.15) is 106 Å². The van der Waals surface area contributed by atoms with Gasteiger partial charge in [0.1, 0.15) is 72.7 Å². The van der Waals surface area contributed by atoms with Gasteiger partial charge in [-0.05, 0) is 87.3 Å². The fraction of sp³-hybridized carbons (Fsp3) is 0.529. The first-order valence-corrected chi connectivity index (χ1v) is 26.0. The number of amides is 1. The van der Waals surface area contributed by atoms with E-state index in [1.807, 2.05) is 11.8 Å². The van der Waals surface area contributed by atoms with Crippen molar-refractivity contribution in [3.8, 4) is 40.4 Å². The molecule has 3 aliphatic heterocycles. The predicted octanol–water partition coefficient (Wildman–Crippen LogP) is 10.7. The molecule has 0 bridgehead atoms. The van der Waals surface area contributed by atoms with Crippen LogP contribution >= 0.6 is 0 Å². The molecule has 368 valence electrons. The Balaban J connectivity index is 1.35. The van der Waals surface area contributed by atoms with Gasteiger partial charge >= 0.3 is 12.1 Å². The molecular formula is C51H63F3N8O6Si. The Hall–Kier alpha value is -5.77. The standard InChI is InChI=1S/C51H63F3N8O6Si/c1-29(2)69(30(3)4,31(5)6)22-15-36-38(53)14-13-33-23-35(67-28-64-11)24-37(39(33)36)43-41(54)44-40-46(60-48(58-44)66-27-51-16-12-19-61(51)26-34(52)25-51)62(20-21-65-47(40)57-43)32(7)42-45(56-18-17-55-42)59-49(63)68-50(8,9)10/h13-14,17-18,23-24,29-32,34H,12,16,19-21,25-28H2,1-11H3,(H,56,59,63)/t32?,34-,51+/m1/s1. The maximum absolute atomic E-state index is 18.2. The van der Waals surface area contributed by atoms with Crippen LogP contribution in [0.4, 0.5) is 29.6 Å². The number of fused-ring (bicyclic) bond motifs is 2. The van der Waals surface area contributed by atoms with Crippen molar-refractivity contribution in [3.05, 3.63) is 59.6 Å². The maximum atomic E-state index is 18.2. The number of aromatic nitrogens is 5. The van der Waals surface area contributed by atoms with Crippen LogP contribution < -0.4 is 24.4 Å². The van der Waals surface area contributed by atoms with Crippen LogP contribution in [0.3, 0.4) is 0 Å². The van der Waals surface area contributed by atoms with E-state index in [2.05, 4.69) is 73.2 Å². The predicted molar refractivity (Wildman–Crippen MR) is 262 cm³/mol. The molecule has 69 heavy (non-hydrogen) atoms. The van der Waals surface area contributed by atoms with Gasteiger partial charge < -0.3 is 28.6 Å². The summed E-state index contributed by atoms with van der Waals surface area (Å²) in [6.07, 6.45) is 3.14. The highest BCUT2D eigenvalue weighted by Gasteiger charge is 2.49. The molecule has 5 aromatic rings. The van der Waals surface area contributed by atoms with E-state index in [1.165, 1.54) is 25.6 Å². The topological polar surface area (TPSA) is 146 Å². The van der Waals surface area contributed by atoms with Crippen molar-refractivity contribution in [1.82, 2.24) is 29.8 Å². The Morgan fingerprint density at radius 2 is 1.72 bits per heavy atom. The van der Waals surface area contributed by atoms with E-state index in [1.54, 1.807) is 39.0 Å². The van der Waals surface area contributed by atoms with Gasteiger partial charge in [-0.1, -0.05) is 53.5 Å². The lowest BCUT2D eigenvalue weighted by Gasteiger charge is -2.38. The van der Waals surface area contributed by atoms with Gasteiger partial charge in [-0.2, -0.15) is 9.97 Å². The normalized spacial score (nSPS) is 18.9. The number of anilines is 2. The quantitative estimate of drug-likeness (QED) is 0.0679. The zero-order valence-electron chi connectivity index (χ0n) is 41.4. The van der Waals surface area contributed by atoms with Crippen LogP contribution in [0.15, 0.2) is 36.7 Å². The monoisotopic (exact) mass is 968 g/mol. The molecule has 2 saturated heterocycles. The Morgan fingerprint density at radius 3 is 2.43 bits per heavy atom. The van der Waals surface area contributed by atoms with E-state index in [9.17, 15) is 9.18 Å². The molecule has 0 spiro atoms. The van der Waals surface area contributed by atoms with E-state index in [0.29, 0.717) is 35.2 Å². The molecule has 2 fully saturated rings. The van der Waals surface area contributed by atoms with Crippen LogP contribution in [0.25, 0.3) is 32.9 Å². The second-order valence-corrected chi connectivity index (χ2v) is 25.9. The Labute approximate surface area is 403 Å². The fourth-order valence-electron chi connectivity index (χ4n) is 10.9. The summed E-state index contributed by atoms with van der Waals surface area (Å²) in [6.45, 7) is 21.5. The minimum atomic E-state index is -2.38. The number of pyridine rings is 1. The maximum Gasteiger partial charge on any atom is 0.413 e. The minimum Gasteiger partial charge on any atom is -0.475 e. The number of nitrogens with one attached hydrogen (secondary N) is 1. The molecule has 0 aliphatic carbocycles. The van der Waals surface area contributed by atoms with E-state index in [0.717, 1.165) is 19.4 Å². The summed E-state index contributed by atoms with van der Waals surface area (Å²) in [5, 5.41) is 3.76.